The fraction of sp³-hybridized carbons (Fsp3) is 0.278. The fourth-order valence-electron chi connectivity index (χ4n) is 2.55. The van der Waals surface area contributed by atoms with E-state index >= 15 is 0 Å². The minimum Gasteiger partial charge on any atom is -0.494 e. The van der Waals surface area contributed by atoms with Crippen molar-refractivity contribution in [2.24, 2.45) is 0 Å². The summed E-state index contributed by atoms with van der Waals surface area (Å²) in [5, 5.41) is 5.64. The summed E-state index contributed by atoms with van der Waals surface area (Å²) >= 11 is 0. The van der Waals surface area contributed by atoms with E-state index in [1.54, 1.807) is 0 Å². The average molecular weight is 312 g/mol. The number of hydrogen-bond acceptors (Lipinski definition) is 3. The second-order valence-corrected chi connectivity index (χ2v) is 5.34. The van der Waals surface area contributed by atoms with Crippen molar-refractivity contribution in [1.82, 2.24) is 5.32 Å². The molecule has 2 N–H and O–H groups in total. The Bertz CT molecular complexity index is 645. The van der Waals surface area contributed by atoms with Crippen LogP contribution >= 0.6 is 0 Å². The van der Waals surface area contributed by atoms with Crippen LogP contribution in [0.4, 0.5) is 10.5 Å². The number of benzene rings is 2. The molecule has 1 aliphatic heterocycles. The van der Waals surface area contributed by atoms with E-state index in [1.807, 2.05) is 49.4 Å². The maximum Gasteiger partial charge on any atom is 0.319 e. The van der Waals surface area contributed by atoms with Gasteiger partial charge in [-0.1, -0.05) is 18.2 Å². The topological polar surface area (TPSA) is 59.6 Å². The lowest BCUT2D eigenvalue weighted by Gasteiger charge is -2.13. The van der Waals surface area contributed by atoms with Crippen LogP contribution in [0.3, 0.4) is 0 Å². The number of amides is 2. The van der Waals surface area contributed by atoms with Gasteiger partial charge in [-0.2, -0.15) is 0 Å². The largest absolute Gasteiger partial charge is 0.494 e. The molecule has 1 aliphatic rings. The lowest BCUT2D eigenvalue weighted by Crippen LogP contribution is -2.37. The van der Waals surface area contributed by atoms with Crippen LogP contribution in [0.5, 0.6) is 11.5 Å². The molecule has 0 radical (unpaired) electrons. The van der Waals surface area contributed by atoms with Gasteiger partial charge in [-0.3, -0.25) is 0 Å². The molecule has 0 aliphatic carbocycles. The van der Waals surface area contributed by atoms with Crippen LogP contribution in [-0.4, -0.2) is 25.3 Å². The van der Waals surface area contributed by atoms with E-state index in [9.17, 15) is 4.79 Å². The number of ether oxygens (including phenoxy) is 2. The molecule has 1 heterocycles. The zero-order valence-electron chi connectivity index (χ0n) is 13.0. The van der Waals surface area contributed by atoms with Crippen molar-refractivity contribution < 1.29 is 14.3 Å². The van der Waals surface area contributed by atoms with E-state index in [0.29, 0.717) is 13.2 Å². The van der Waals surface area contributed by atoms with Gasteiger partial charge in [0.25, 0.3) is 0 Å². The Kier molecular flexibility index (Phi) is 4.66. The monoisotopic (exact) mass is 312 g/mol. The number of hydrogen-bond donors (Lipinski definition) is 2. The van der Waals surface area contributed by atoms with Crippen molar-refractivity contribution in [3.05, 3.63) is 54.1 Å². The van der Waals surface area contributed by atoms with Gasteiger partial charge in [-0.05, 0) is 42.8 Å². The van der Waals surface area contributed by atoms with Gasteiger partial charge < -0.3 is 20.1 Å². The summed E-state index contributed by atoms with van der Waals surface area (Å²) in [5.41, 5.74) is 1.91. The summed E-state index contributed by atoms with van der Waals surface area (Å²) in [6.07, 6.45) is 0.804. The smallest absolute Gasteiger partial charge is 0.319 e. The van der Waals surface area contributed by atoms with Gasteiger partial charge in [-0.25, -0.2) is 4.79 Å². The third kappa shape index (κ3) is 3.94. The lowest BCUT2D eigenvalue weighted by atomic mass is 10.1. The van der Waals surface area contributed by atoms with Crippen LogP contribution < -0.4 is 20.1 Å². The molecule has 0 spiro atoms. The van der Waals surface area contributed by atoms with Crippen molar-refractivity contribution in [1.29, 1.82) is 0 Å². The highest BCUT2D eigenvalue weighted by molar-refractivity contribution is 5.89. The van der Waals surface area contributed by atoms with Crippen molar-refractivity contribution in [3.8, 4) is 11.5 Å². The Morgan fingerprint density at radius 1 is 1.22 bits per heavy atom. The molecule has 1 atom stereocenters. The lowest BCUT2D eigenvalue weighted by molar-refractivity contribution is 0.219. The summed E-state index contributed by atoms with van der Waals surface area (Å²) in [6.45, 7) is 3.03. The molecule has 2 aromatic carbocycles. The number of nitrogens with one attached hydrogen (secondary N) is 2. The van der Waals surface area contributed by atoms with E-state index in [0.717, 1.165) is 23.6 Å². The SMILES string of the molecule is CCOc1ccc(NC(=O)NCC2Cc3ccccc3O2)cc1. The summed E-state index contributed by atoms with van der Waals surface area (Å²) < 4.78 is 11.2. The Labute approximate surface area is 135 Å². The zero-order chi connectivity index (χ0) is 16.1. The van der Waals surface area contributed by atoms with Crippen molar-refractivity contribution in [3.63, 3.8) is 0 Å². The molecule has 23 heavy (non-hydrogen) atoms. The number of carbonyl (C=O) groups is 1. The summed E-state index contributed by atoms with van der Waals surface area (Å²) in [7, 11) is 0. The molecule has 0 aromatic heterocycles. The normalized spacial score (nSPS) is 15.4. The quantitative estimate of drug-likeness (QED) is 0.891. The van der Waals surface area contributed by atoms with Gasteiger partial charge in [0.2, 0.25) is 0 Å². The molecule has 120 valence electrons. The van der Waals surface area contributed by atoms with E-state index in [1.165, 1.54) is 5.56 Å². The molecule has 0 fully saturated rings. The van der Waals surface area contributed by atoms with Gasteiger partial charge in [0, 0.05) is 12.1 Å². The van der Waals surface area contributed by atoms with Crippen LogP contribution in [-0.2, 0) is 6.42 Å². The summed E-state index contributed by atoms with van der Waals surface area (Å²) in [4.78, 5) is 11.9. The first kappa shape index (κ1) is 15.2. The Hall–Kier alpha value is -2.69. The standard InChI is InChI=1S/C18H20N2O3/c1-2-22-15-9-7-14(8-10-15)20-18(21)19-12-16-11-13-5-3-4-6-17(13)23-16/h3-10,16H,2,11-12H2,1H3,(H2,19,20,21). The first-order valence-electron chi connectivity index (χ1n) is 7.77. The number of urea groups is 1. The van der Waals surface area contributed by atoms with E-state index in [-0.39, 0.29) is 12.1 Å². The van der Waals surface area contributed by atoms with Crippen molar-refractivity contribution >= 4 is 11.7 Å². The number of anilines is 1. The number of para-hydroxylation sites is 1. The van der Waals surface area contributed by atoms with Gasteiger partial charge in [0.05, 0.1) is 13.2 Å². The van der Waals surface area contributed by atoms with E-state index in [4.69, 9.17) is 9.47 Å². The van der Waals surface area contributed by atoms with E-state index < -0.39 is 0 Å². The van der Waals surface area contributed by atoms with Crippen LogP contribution in [0, 0.1) is 0 Å². The molecule has 3 rings (SSSR count). The molecule has 2 aromatic rings. The van der Waals surface area contributed by atoms with Crippen LogP contribution in [0.15, 0.2) is 48.5 Å². The fourth-order valence-corrected chi connectivity index (χ4v) is 2.55. The maximum atomic E-state index is 11.9. The van der Waals surface area contributed by atoms with Crippen LogP contribution in [0.2, 0.25) is 0 Å². The minimum atomic E-state index is -0.242. The second kappa shape index (κ2) is 7.05. The number of carbonyl (C=O) groups excluding carboxylic acids is 1. The minimum absolute atomic E-state index is 0.0153. The van der Waals surface area contributed by atoms with Crippen molar-refractivity contribution in [2.75, 3.05) is 18.5 Å². The van der Waals surface area contributed by atoms with Crippen LogP contribution in [0.25, 0.3) is 0 Å². The van der Waals surface area contributed by atoms with E-state index in [2.05, 4.69) is 16.7 Å². The van der Waals surface area contributed by atoms with Gasteiger partial charge in [-0.15, -0.1) is 0 Å². The highest BCUT2D eigenvalue weighted by atomic mass is 16.5. The molecule has 5 heteroatoms. The van der Waals surface area contributed by atoms with Crippen LogP contribution in [0.1, 0.15) is 12.5 Å². The van der Waals surface area contributed by atoms with Gasteiger partial charge >= 0.3 is 6.03 Å². The third-order valence-electron chi connectivity index (χ3n) is 3.63. The second-order valence-electron chi connectivity index (χ2n) is 5.34. The summed E-state index contributed by atoms with van der Waals surface area (Å²) in [6, 6.07) is 15.0. The zero-order valence-corrected chi connectivity index (χ0v) is 13.0. The molecular weight excluding hydrogens is 292 g/mol. The average Bonchev–Trinajstić information content (AvgIpc) is 2.98. The molecule has 0 bridgehead atoms. The molecule has 1 unspecified atom stereocenters. The highest BCUT2D eigenvalue weighted by Crippen LogP contribution is 2.27. The third-order valence-corrected chi connectivity index (χ3v) is 3.63. The highest BCUT2D eigenvalue weighted by Gasteiger charge is 2.22. The first-order valence-corrected chi connectivity index (χ1v) is 7.77. The first-order chi connectivity index (χ1) is 11.2. The van der Waals surface area contributed by atoms with Gasteiger partial charge in [0.15, 0.2) is 0 Å². The molecule has 5 nitrogen and oxygen atoms in total. The Morgan fingerprint density at radius 2 is 2.00 bits per heavy atom. The Morgan fingerprint density at radius 3 is 2.74 bits per heavy atom. The predicted molar refractivity (Wildman–Crippen MR) is 89.2 cm³/mol. The molecule has 2 amide bonds. The number of rotatable bonds is 5. The van der Waals surface area contributed by atoms with Gasteiger partial charge in [0.1, 0.15) is 17.6 Å². The molecular formula is C18H20N2O3. The molecule has 0 saturated carbocycles. The predicted octanol–water partition coefficient (Wildman–Crippen LogP) is 3.21. The Balaban J connectivity index is 1.45. The maximum absolute atomic E-state index is 11.9. The summed E-state index contributed by atoms with van der Waals surface area (Å²) in [5.74, 6) is 1.70. The van der Waals surface area contributed by atoms with Crippen molar-refractivity contribution in [2.45, 2.75) is 19.4 Å². The molecule has 0 saturated heterocycles. The number of fused-ring (bicyclic) bond motifs is 1.